The molecular formula is C23H25NO4. The highest BCUT2D eigenvalue weighted by atomic mass is 17.1. The van der Waals surface area contributed by atoms with Crippen LogP contribution < -0.4 is 15.0 Å². The maximum absolute atomic E-state index is 12.5. The zero-order valence-electron chi connectivity index (χ0n) is 16.6. The molecule has 0 spiro atoms. The molecule has 0 aromatic heterocycles. The number of hydrogen-bond donors (Lipinski definition) is 1. The van der Waals surface area contributed by atoms with E-state index >= 15 is 0 Å². The van der Waals surface area contributed by atoms with Gasteiger partial charge in [-0.2, -0.15) is 4.84 Å². The first kappa shape index (κ1) is 19.9. The maximum atomic E-state index is 12.5. The van der Waals surface area contributed by atoms with Gasteiger partial charge in [0.25, 0.3) is 0 Å². The molecule has 0 amide bonds. The van der Waals surface area contributed by atoms with E-state index in [9.17, 15) is 5.21 Å². The summed E-state index contributed by atoms with van der Waals surface area (Å²) in [6, 6.07) is 23.2. The molecule has 0 aliphatic heterocycles. The minimum Gasteiger partial charge on any atom is -0.556 e. The summed E-state index contributed by atoms with van der Waals surface area (Å²) in [5.74, 6) is 1.11. The molecule has 0 fully saturated rings. The predicted molar refractivity (Wildman–Crippen MR) is 110 cm³/mol. The lowest BCUT2D eigenvalue weighted by Gasteiger charge is -2.27. The number of hydrogen-bond acceptors (Lipinski definition) is 4. The average molecular weight is 379 g/mol. The van der Waals surface area contributed by atoms with Gasteiger partial charge >= 0.3 is 0 Å². The summed E-state index contributed by atoms with van der Waals surface area (Å²) in [7, 11) is 1.62. The molecular weight excluding hydrogens is 354 g/mol. The van der Waals surface area contributed by atoms with E-state index < -0.39 is 11.0 Å². The third-order valence-electron chi connectivity index (χ3n) is 4.04. The first-order valence-electron chi connectivity index (χ1n) is 9.11. The van der Waals surface area contributed by atoms with Crippen LogP contribution in [0.5, 0.6) is 11.5 Å². The normalized spacial score (nSPS) is 12.5. The molecule has 3 aromatic carbocycles. The Morgan fingerprint density at radius 3 is 1.64 bits per heavy atom. The smallest absolute Gasteiger partial charge is 0.210 e. The lowest BCUT2D eigenvalue weighted by atomic mass is 9.97. The van der Waals surface area contributed by atoms with E-state index in [1.807, 2.05) is 72.8 Å². The number of ether oxygens (including phenoxy) is 1. The summed E-state index contributed by atoms with van der Waals surface area (Å²) in [4.78, 5) is 11.1. The Labute approximate surface area is 165 Å². The highest BCUT2D eigenvalue weighted by Gasteiger charge is 2.23. The Morgan fingerprint density at radius 1 is 0.786 bits per heavy atom. The van der Waals surface area contributed by atoms with Crippen molar-refractivity contribution in [3.63, 3.8) is 0 Å². The third-order valence-corrected chi connectivity index (χ3v) is 4.04. The fourth-order valence-corrected chi connectivity index (χ4v) is 2.85. The van der Waals surface area contributed by atoms with E-state index in [-0.39, 0.29) is 0 Å². The number of quaternary nitrogens is 1. The summed E-state index contributed by atoms with van der Waals surface area (Å²) in [5.41, 5.74) is 2.69. The maximum Gasteiger partial charge on any atom is 0.210 e. The molecule has 3 aromatic rings. The van der Waals surface area contributed by atoms with Crippen LogP contribution in [0.4, 0.5) is 0 Å². The lowest BCUT2D eigenvalue weighted by Crippen LogP contribution is -3.09. The van der Waals surface area contributed by atoms with Gasteiger partial charge in [-0.3, -0.25) is 4.84 Å². The van der Waals surface area contributed by atoms with Crippen molar-refractivity contribution < 1.29 is 19.8 Å². The summed E-state index contributed by atoms with van der Waals surface area (Å²) in [6.45, 7) is 5.41. The standard InChI is InChI=1S/C23H25NO4/c1-23(2,3)28-24(25)27-22-20(17-11-7-5-8-12-17)15-19(26-4)16-21(22)18-13-9-6-10-14-18/h5-16,24H,1-4H3. The van der Waals surface area contributed by atoms with Crippen molar-refractivity contribution in [2.75, 3.05) is 7.11 Å². The topological polar surface area (TPSA) is 55.2 Å². The van der Waals surface area contributed by atoms with E-state index in [2.05, 4.69) is 0 Å². The highest BCUT2D eigenvalue weighted by Crippen LogP contribution is 2.41. The van der Waals surface area contributed by atoms with Gasteiger partial charge in [0, 0.05) is 11.1 Å². The van der Waals surface area contributed by atoms with E-state index in [0.717, 1.165) is 22.3 Å². The van der Waals surface area contributed by atoms with Crippen molar-refractivity contribution in [2.45, 2.75) is 26.4 Å². The molecule has 0 saturated carbocycles. The highest BCUT2D eigenvalue weighted by molar-refractivity contribution is 5.84. The van der Waals surface area contributed by atoms with E-state index in [0.29, 0.717) is 11.5 Å². The molecule has 5 heteroatoms. The van der Waals surface area contributed by atoms with Crippen LogP contribution in [-0.4, -0.2) is 12.7 Å². The van der Waals surface area contributed by atoms with Crippen molar-refractivity contribution in [1.29, 1.82) is 0 Å². The Kier molecular flexibility index (Phi) is 5.99. The molecule has 0 heterocycles. The predicted octanol–water partition coefficient (Wildman–Crippen LogP) is 4.44. The molecule has 0 aliphatic carbocycles. The van der Waals surface area contributed by atoms with E-state index in [1.165, 1.54) is 0 Å². The molecule has 0 radical (unpaired) electrons. The largest absolute Gasteiger partial charge is 0.556 e. The SMILES string of the molecule is COc1cc(-c2ccccc2)c(O[NH+]([O-])OC(C)(C)C)c(-c2ccccc2)c1. The van der Waals surface area contributed by atoms with Crippen LogP contribution in [-0.2, 0) is 4.84 Å². The van der Waals surface area contributed by atoms with Gasteiger partial charge in [0.1, 0.15) is 11.4 Å². The lowest BCUT2D eigenvalue weighted by molar-refractivity contribution is -1.19. The fraction of sp³-hybridized carbons (Fsp3) is 0.217. The quantitative estimate of drug-likeness (QED) is 0.644. The second kappa shape index (κ2) is 8.44. The van der Waals surface area contributed by atoms with E-state index in [4.69, 9.17) is 14.4 Å². The van der Waals surface area contributed by atoms with Gasteiger partial charge < -0.3 is 9.94 Å². The van der Waals surface area contributed by atoms with Gasteiger partial charge in [-0.15, -0.1) is 0 Å². The molecule has 146 valence electrons. The van der Waals surface area contributed by atoms with Gasteiger partial charge in [0.05, 0.1) is 7.11 Å². The Morgan fingerprint density at radius 2 is 1.25 bits per heavy atom. The van der Waals surface area contributed by atoms with Crippen LogP contribution in [0.25, 0.3) is 22.3 Å². The molecule has 28 heavy (non-hydrogen) atoms. The first-order chi connectivity index (χ1) is 13.4. The first-order valence-corrected chi connectivity index (χ1v) is 9.11. The van der Waals surface area contributed by atoms with Gasteiger partial charge in [0.15, 0.2) is 0 Å². The summed E-state index contributed by atoms with van der Waals surface area (Å²) in [5, 5.41) is 11.7. The molecule has 5 nitrogen and oxygen atoms in total. The summed E-state index contributed by atoms with van der Waals surface area (Å²) < 4.78 is 5.51. The van der Waals surface area contributed by atoms with Crippen LogP contribution in [0.2, 0.25) is 0 Å². The van der Waals surface area contributed by atoms with Crippen LogP contribution in [0, 0.1) is 5.21 Å². The van der Waals surface area contributed by atoms with Crippen LogP contribution >= 0.6 is 0 Å². The Bertz CT molecular complexity index is 844. The van der Waals surface area contributed by atoms with Crippen LogP contribution in [0.3, 0.4) is 0 Å². The zero-order valence-corrected chi connectivity index (χ0v) is 16.6. The van der Waals surface area contributed by atoms with Crippen molar-refractivity contribution in [3.05, 3.63) is 78.0 Å². The minimum absolute atomic E-state index is 0.437. The monoisotopic (exact) mass is 379 g/mol. The number of nitrogens with one attached hydrogen (secondary N) is 1. The number of rotatable bonds is 6. The van der Waals surface area contributed by atoms with E-state index in [1.54, 1.807) is 27.9 Å². The van der Waals surface area contributed by atoms with Crippen LogP contribution in [0.15, 0.2) is 72.8 Å². The van der Waals surface area contributed by atoms with Crippen LogP contribution in [0.1, 0.15) is 20.8 Å². The second-order valence-electron chi connectivity index (χ2n) is 7.35. The summed E-state index contributed by atoms with van der Waals surface area (Å²) >= 11 is 0. The average Bonchev–Trinajstić information content (AvgIpc) is 2.68. The van der Waals surface area contributed by atoms with Gasteiger partial charge in [-0.25, -0.2) is 0 Å². The Hall–Kier alpha value is -2.86. The third kappa shape index (κ3) is 4.89. The van der Waals surface area contributed by atoms with Crippen molar-refractivity contribution in [2.24, 2.45) is 0 Å². The zero-order chi connectivity index (χ0) is 20.1. The molecule has 0 aliphatic rings. The molecule has 0 saturated heterocycles. The molecule has 1 N–H and O–H groups in total. The van der Waals surface area contributed by atoms with Crippen molar-refractivity contribution in [3.8, 4) is 33.8 Å². The minimum atomic E-state index is -0.743. The van der Waals surface area contributed by atoms with Crippen molar-refractivity contribution >= 4 is 0 Å². The Balaban J connectivity index is 2.17. The number of methoxy groups -OCH3 is 1. The summed E-state index contributed by atoms with van der Waals surface area (Å²) in [6.07, 6.45) is 0. The van der Waals surface area contributed by atoms with Gasteiger partial charge in [-0.05, 0) is 49.4 Å². The second-order valence-corrected chi connectivity index (χ2v) is 7.35. The molecule has 1 atom stereocenters. The van der Waals surface area contributed by atoms with Gasteiger partial charge in [-0.1, -0.05) is 60.7 Å². The fourth-order valence-electron chi connectivity index (χ4n) is 2.85. The molecule has 3 rings (SSSR count). The molecule has 1 unspecified atom stereocenters. The molecule has 0 bridgehead atoms. The van der Waals surface area contributed by atoms with Gasteiger partial charge in [0.2, 0.25) is 5.75 Å². The van der Waals surface area contributed by atoms with Crippen molar-refractivity contribution in [1.82, 2.24) is 0 Å². The number of benzene rings is 3.